The van der Waals surface area contributed by atoms with Gasteiger partial charge in [0.25, 0.3) is 0 Å². The first-order chi connectivity index (χ1) is 15.0. The molecule has 7 heteroatoms. The fourth-order valence-electron chi connectivity index (χ4n) is 4.54. The van der Waals surface area contributed by atoms with E-state index in [0.29, 0.717) is 12.0 Å². The third kappa shape index (κ3) is 5.99. The van der Waals surface area contributed by atoms with E-state index < -0.39 is 0 Å². The number of piperidine rings is 1. The van der Waals surface area contributed by atoms with E-state index in [1.165, 1.54) is 23.3 Å². The minimum absolute atomic E-state index is 0.175. The quantitative estimate of drug-likeness (QED) is 0.482. The van der Waals surface area contributed by atoms with Crippen molar-refractivity contribution in [3.05, 3.63) is 52.2 Å². The Morgan fingerprint density at radius 2 is 2.06 bits per heavy atom. The molecule has 2 N–H and O–H groups in total. The number of para-hydroxylation sites is 1. The van der Waals surface area contributed by atoms with Gasteiger partial charge in [0.15, 0.2) is 5.96 Å². The Morgan fingerprint density at radius 1 is 1.26 bits per heavy atom. The number of likely N-dealkylation sites (N-methyl/N-ethyl adjacent to an activating group) is 1. The summed E-state index contributed by atoms with van der Waals surface area (Å²) in [4.78, 5) is 10.7. The van der Waals surface area contributed by atoms with Gasteiger partial charge in [0, 0.05) is 36.6 Å². The van der Waals surface area contributed by atoms with Crippen molar-refractivity contribution in [1.29, 1.82) is 0 Å². The van der Waals surface area contributed by atoms with Crippen LogP contribution in [0, 0.1) is 5.92 Å². The predicted molar refractivity (Wildman–Crippen MR) is 131 cm³/mol. The Kier molecular flexibility index (Phi) is 8.75. The average Bonchev–Trinajstić information content (AvgIpc) is 3.30. The molecule has 3 atom stereocenters. The fraction of sp³-hybridized carbons (Fsp3) is 0.542. The van der Waals surface area contributed by atoms with Crippen molar-refractivity contribution >= 4 is 17.3 Å². The zero-order valence-electron chi connectivity index (χ0n) is 19.5. The molecular weight excluding hydrogens is 406 g/mol. The molecule has 31 heavy (non-hydrogen) atoms. The molecule has 0 aliphatic carbocycles. The number of nitrogens with zero attached hydrogens (tertiary/aromatic N) is 3. The van der Waals surface area contributed by atoms with Crippen LogP contribution < -0.4 is 15.4 Å². The number of guanidine groups is 1. The van der Waals surface area contributed by atoms with E-state index in [2.05, 4.69) is 76.2 Å². The second-order valence-corrected chi connectivity index (χ2v) is 9.38. The number of ether oxygens (including phenoxy) is 1. The molecule has 1 saturated heterocycles. The topological polar surface area (TPSA) is 52.1 Å². The van der Waals surface area contributed by atoms with Crippen LogP contribution in [-0.2, 0) is 0 Å². The number of hydrogen-bond acceptors (Lipinski definition) is 5. The minimum Gasteiger partial charge on any atom is -0.496 e. The van der Waals surface area contributed by atoms with Gasteiger partial charge in [-0.2, -0.15) is 0 Å². The van der Waals surface area contributed by atoms with Gasteiger partial charge in [0.2, 0.25) is 0 Å². The van der Waals surface area contributed by atoms with Crippen LogP contribution in [0.25, 0.3) is 0 Å². The van der Waals surface area contributed by atoms with Crippen LogP contribution in [0.1, 0.15) is 35.4 Å². The molecule has 2 heterocycles. The molecule has 1 aromatic carbocycles. The summed E-state index contributed by atoms with van der Waals surface area (Å²) in [5, 5.41) is 9.31. The highest BCUT2D eigenvalue weighted by Crippen LogP contribution is 2.36. The minimum atomic E-state index is 0.175. The van der Waals surface area contributed by atoms with E-state index in [-0.39, 0.29) is 6.04 Å². The molecule has 1 aliphatic rings. The van der Waals surface area contributed by atoms with E-state index in [1.54, 1.807) is 7.11 Å². The monoisotopic (exact) mass is 443 g/mol. The number of rotatable bonds is 8. The smallest absolute Gasteiger partial charge is 0.191 e. The van der Waals surface area contributed by atoms with E-state index in [1.807, 2.05) is 30.5 Å². The third-order valence-corrected chi connectivity index (χ3v) is 7.12. The molecule has 2 aromatic rings. The molecule has 170 valence electrons. The maximum Gasteiger partial charge on any atom is 0.191 e. The molecule has 0 amide bonds. The van der Waals surface area contributed by atoms with Crippen LogP contribution >= 0.6 is 11.3 Å². The highest BCUT2D eigenvalue weighted by atomic mass is 32.1. The zero-order valence-corrected chi connectivity index (χ0v) is 20.3. The molecule has 0 saturated carbocycles. The second-order valence-electron chi connectivity index (χ2n) is 8.40. The highest BCUT2D eigenvalue weighted by molar-refractivity contribution is 7.10. The molecule has 1 aromatic heterocycles. The van der Waals surface area contributed by atoms with Gasteiger partial charge in [-0.15, -0.1) is 11.3 Å². The first-order valence-corrected chi connectivity index (χ1v) is 11.9. The van der Waals surface area contributed by atoms with Crippen molar-refractivity contribution in [2.45, 2.75) is 24.9 Å². The van der Waals surface area contributed by atoms with E-state index in [0.717, 1.165) is 31.3 Å². The van der Waals surface area contributed by atoms with Crippen LogP contribution in [-0.4, -0.2) is 70.7 Å². The second kappa shape index (κ2) is 11.5. The Hall–Kier alpha value is -2.09. The lowest BCUT2D eigenvalue weighted by Crippen LogP contribution is -2.46. The number of nitrogens with one attached hydrogen (secondary N) is 2. The lowest BCUT2D eigenvalue weighted by atomic mass is 9.88. The van der Waals surface area contributed by atoms with Crippen molar-refractivity contribution in [3.63, 3.8) is 0 Å². The molecule has 3 rings (SSSR count). The maximum atomic E-state index is 5.59. The zero-order chi connectivity index (χ0) is 22.2. The normalized spacial score (nSPS) is 21.2. The Bertz CT molecular complexity index is 823. The summed E-state index contributed by atoms with van der Waals surface area (Å²) in [6.45, 7) is 2.81. The summed E-state index contributed by atoms with van der Waals surface area (Å²) < 4.78 is 5.59. The van der Waals surface area contributed by atoms with Crippen LogP contribution in [0.3, 0.4) is 0 Å². The van der Waals surface area contributed by atoms with Crippen LogP contribution in [0.15, 0.2) is 46.8 Å². The van der Waals surface area contributed by atoms with Gasteiger partial charge in [-0.05, 0) is 64.0 Å². The van der Waals surface area contributed by atoms with E-state index >= 15 is 0 Å². The number of likely N-dealkylation sites (tertiary alicyclic amines) is 1. The summed E-state index contributed by atoms with van der Waals surface area (Å²) in [5.41, 5.74) is 1.17. The molecule has 3 unspecified atom stereocenters. The van der Waals surface area contributed by atoms with Gasteiger partial charge < -0.3 is 20.3 Å². The molecule has 0 radical (unpaired) electrons. The van der Waals surface area contributed by atoms with Crippen molar-refractivity contribution in [1.82, 2.24) is 20.4 Å². The lowest BCUT2D eigenvalue weighted by molar-refractivity contribution is 0.125. The largest absolute Gasteiger partial charge is 0.496 e. The SMILES string of the molecule is CN=C(NCC1CCCN(C)C1c1cccs1)NCC(c1ccccc1OC)N(C)C. The molecule has 6 nitrogen and oxygen atoms in total. The van der Waals surface area contributed by atoms with Crippen molar-refractivity contribution in [2.24, 2.45) is 10.9 Å². The summed E-state index contributed by atoms with van der Waals surface area (Å²) in [6.07, 6.45) is 2.48. The van der Waals surface area contributed by atoms with Gasteiger partial charge in [0.1, 0.15) is 5.75 Å². The molecule has 1 aliphatic heterocycles. The third-order valence-electron chi connectivity index (χ3n) is 6.18. The van der Waals surface area contributed by atoms with E-state index in [9.17, 15) is 0 Å². The lowest BCUT2D eigenvalue weighted by Gasteiger charge is -2.39. The van der Waals surface area contributed by atoms with Gasteiger partial charge in [-0.25, -0.2) is 0 Å². The highest BCUT2D eigenvalue weighted by Gasteiger charge is 2.31. The summed E-state index contributed by atoms with van der Waals surface area (Å²) in [7, 11) is 10.0. The molecule has 1 fully saturated rings. The predicted octanol–water partition coefficient (Wildman–Crippen LogP) is 3.61. The maximum absolute atomic E-state index is 5.59. The summed E-state index contributed by atoms with van der Waals surface area (Å²) in [5.74, 6) is 2.32. The van der Waals surface area contributed by atoms with Gasteiger partial charge in [-0.1, -0.05) is 24.3 Å². The van der Waals surface area contributed by atoms with E-state index in [4.69, 9.17) is 4.74 Å². The van der Waals surface area contributed by atoms with Crippen LogP contribution in [0.4, 0.5) is 0 Å². The number of hydrogen-bond donors (Lipinski definition) is 2. The summed E-state index contributed by atoms with van der Waals surface area (Å²) >= 11 is 1.86. The number of benzene rings is 1. The molecular formula is C24H37N5OS. The number of methoxy groups -OCH3 is 1. The standard InChI is InChI=1S/C24H37N5OS/c1-25-24(27-17-20(28(2)3)19-11-6-7-12-21(19)30-5)26-16-18-10-8-14-29(4)23(18)22-13-9-15-31-22/h6-7,9,11-13,15,18,20,23H,8,10,14,16-17H2,1-5H3,(H2,25,26,27). The first kappa shape index (κ1) is 23.6. The van der Waals surface area contributed by atoms with Crippen LogP contribution in [0.2, 0.25) is 0 Å². The average molecular weight is 444 g/mol. The van der Waals surface area contributed by atoms with Crippen molar-refractivity contribution in [2.75, 3.05) is 54.9 Å². The first-order valence-electron chi connectivity index (χ1n) is 11.0. The Labute approximate surface area is 191 Å². The Balaban J connectivity index is 1.62. The molecule has 0 bridgehead atoms. The number of thiophene rings is 1. The van der Waals surface area contributed by atoms with Crippen LogP contribution in [0.5, 0.6) is 5.75 Å². The van der Waals surface area contributed by atoms with Crippen molar-refractivity contribution < 1.29 is 4.74 Å². The van der Waals surface area contributed by atoms with Gasteiger partial charge in [-0.3, -0.25) is 9.89 Å². The van der Waals surface area contributed by atoms with Gasteiger partial charge in [0.05, 0.1) is 13.2 Å². The fourth-order valence-corrected chi connectivity index (χ4v) is 5.52. The van der Waals surface area contributed by atoms with Gasteiger partial charge >= 0.3 is 0 Å². The number of aliphatic imine (C=N–C) groups is 1. The summed E-state index contributed by atoms with van der Waals surface area (Å²) in [6, 6.07) is 13.3. The van der Waals surface area contributed by atoms with Crippen molar-refractivity contribution in [3.8, 4) is 5.75 Å². The molecule has 0 spiro atoms. The Morgan fingerprint density at radius 3 is 2.74 bits per heavy atom.